The maximum atomic E-state index is 5.17. The molecular weight excluding hydrogens is 132 g/mol. The van der Waals surface area contributed by atoms with E-state index < -0.39 is 0 Å². The van der Waals surface area contributed by atoms with E-state index in [9.17, 15) is 0 Å². The van der Waals surface area contributed by atoms with Crippen LogP contribution in [-0.2, 0) is 0 Å². The molecule has 0 aliphatic heterocycles. The van der Waals surface area contributed by atoms with Crippen LogP contribution in [-0.4, -0.2) is 23.5 Å². The topological polar surface area (TPSA) is 115 Å². The van der Waals surface area contributed by atoms with Gasteiger partial charge in [0.15, 0.2) is 0 Å². The molecule has 0 aliphatic rings. The van der Waals surface area contributed by atoms with Gasteiger partial charge in [0.2, 0.25) is 0 Å². The summed E-state index contributed by atoms with van der Waals surface area (Å²) in [5.41, 5.74) is 10.2. The van der Waals surface area contributed by atoms with Gasteiger partial charge in [0.25, 0.3) is 0 Å². The summed E-state index contributed by atoms with van der Waals surface area (Å²) in [4.78, 5) is 0. The molecule has 0 radical (unpaired) electrons. The minimum absolute atomic E-state index is 0. The lowest BCUT2D eigenvalue weighted by atomic mass is 10.4. The average Bonchev–Trinajstić information content (AvgIpc) is 1.73. The fourth-order valence-electron chi connectivity index (χ4n) is 0. The van der Waals surface area contributed by atoms with Crippen molar-refractivity contribution in [1.82, 2.24) is 0 Å². The van der Waals surface area contributed by atoms with E-state index in [4.69, 9.17) is 11.5 Å². The highest BCUT2D eigenvalue weighted by atomic mass is 16.0. The molecule has 0 aliphatic carbocycles. The standard InChI is InChI=1S/C3H10N2.C2H6.CH4.2H2O/c1-3(5)2-4;1-2;;;/h3H,2,4-5H2,1H3;1-2H3;1H4;2*1H2/t3-;;;;/m1..../s1. The van der Waals surface area contributed by atoms with Crippen molar-refractivity contribution in [3.8, 4) is 0 Å². The van der Waals surface area contributed by atoms with Crippen LogP contribution < -0.4 is 11.5 Å². The van der Waals surface area contributed by atoms with Crippen molar-refractivity contribution in [3.05, 3.63) is 0 Å². The summed E-state index contributed by atoms with van der Waals surface area (Å²) in [7, 11) is 0. The second-order valence-corrected chi connectivity index (χ2v) is 1.21. The van der Waals surface area contributed by atoms with Crippen molar-refractivity contribution in [2.75, 3.05) is 6.54 Å². The molecule has 0 amide bonds. The van der Waals surface area contributed by atoms with Gasteiger partial charge < -0.3 is 22.4 Å². The van der Waals surface area contributed by atoms with Gasteiger partial charge in [0.1, 0.15) is 0 Å². The molecule has 10 heavy (non-hydrogen) atoms. The largest absolute Gasteiger partial charge is 0.412 e. The number of rotatable bonds is 1. The minimum atomic E-state index is 0. The summed E-state index contributed by atoms with van der Waals surface area (Å²) in [5, 5.41) is 0. The van der Waals surface area contributed by atoms with Crippen LogP contribution in [0.1, 0.15) is 28.2 Å². The maximum absolute atomic E-state index is 5.17. The summed E-state index contributed by atoms with van der Waals surface area (Å²) >= 11 is 0. The highest BCUT2D eigenvalue weighted by molar-refractivity contribution is 4.48. The highest BCUT2D eigenvalue weighted by Crippen LogP contribution is 1.59. The molecule has 0 aromatic heterocycles. The van der Waals surface area contributed by atoms with E-state index in [0.717, 1.165) is 0 Å². The van der Waals surface area contributed by atoms with Gasteiger partial charge in [-0.25, -0.2) is 0 Å². The van der Waals surface area contributed by atoms with Crippen molar-refractivity contribution in [3.63, 3.8) is 0 Å². The van der Waals surface area contributed by atoms with E-state index in [2.05, 4.69) is 0 Å². The first-order valence-electron chi connectivity index (χ1n) is 2.73. The Balaban J connectivity index is -0.0000000154. The summed E-state index contributed by atoms with van der Waals surface area (Å²) in [6, 6.07) is 0.162. The third kappa shape index (κ3) is 108. The summed E-state index contributed by atoms with van der Waals surface area (Å²) in [6.45, 7) is 6.46. The normalized spacial score (nSPS) is 8.10. The number of hydrogen-bond acceptors (Lipinski definition) is 2. The summed E-state index contributed by atoms with van der Waals surface area (Å²) < 4.78 is 0. The fraction of sp³-hybridized carbons (Fsp3) is 1.00. The van der Waals surface area contributed by atoms with E-state index in [1.165, 1.54) is 0 Å². The summed E-state index contributed by atoms with van der Waals surface area (Å²) in [5.74, 6) is 0. The Kier molecular flexibility index (Phi) is 121. The van der Waals surface area contributed by atoms with Gasteiger partial charge in [-0.3, -0.25) is 0 Å². The van der Waals surface area contributed by atoms with Crippen LogP contribution in [0, 0.1) is 0 Å². The molecule has 0 saturated carbocycles. The van der Waals surface area contributed by atoms with Crippen LogP contribution >= 0.6 is 0 Å². The second kappa shape index (κ2) is 36.8. The lowest BCUT2D eigenvalue weighted by Crippen LogP contribution is -2.25. The highest BCUT2D eigenvalue weighted by Gasteiger charge is 1.79. The molecule has 0 aromatic carbocycles. The Labute approximate surface area is 64.2 Å². The van der Waals surface area contributed by atoms with E-state index in [-0.39, 0.29) is 24.4 Å². The van der Waals surface area contributed by atoms with Gasteiger partial charge in [0.05, 0.1) is 0 Å². The molecule has 0 fully saturated rings. The first kappa shape index (κ1) is 32.8. The van der Waals surface area contributed by atoms with Crippen molar-refractivity contribution >= 4 is 0 Å². The maximum Gasteiger partial charge on any atom is 0.0134 e. The Morgan fingerprint density at radius 2 is 1.30 bits per heavy atom. The summed E-state index contributed by atoms with van der Waals surface area (Å²) in [6.07, 6.45) is 0. The zero-order valence-corrected chi connectivity index (χ0v) is 6.44. The van der Waals surface area contributed by atoms with Crippen molar-refractivity contribution in [1.29, 1.82) is 0 Å². The Morgan fingerprint density at radius 3 is 1.30 bits per heavy atom. The Bertz CT molecular complexity index is 27.7. The van der Waals surface area contributed by atoms with Crippen LogP contribution in [0.15, 0.2) is 0 Å². The van der Waals surface area contributed by atoms with Gasteiger partial charge in [-0.05, 0) is 6.92 Å². The Hall–Kier alpha value is -0.160. The van der Waals surface area contributed by atoms with Crippen LogP contribution in [0.2, 0.25) is 0 Å². The van der Waals surface area contributed by atoms with Crippen LogP contribution in [0.25, 0.3) is 0 Å². The Morgan fingerprint density at radius 1 is 1.20 bits per heavy atom. The molecule has 1 atom stereocenters. The molecule has 8 N–H and O–H groups in total. The molecule has 0 unspecified atom stereocenters. The molecule has 4 nitrogen and oxygen atoms in total. The van der Waals surface area contributed by atoms with Crippen LogP contribution in [0.5, 0.6) is 0 Å². The molecule has 70 valence electrons. The predicted molar refractivity (Wildman–Crippen MR) is 48.0 cm³/mol. The molecule has 0 aromatic rings. The smallest absolute Gasteiger partial charge is 0.0134 e. The molecule has 4 heteroatoms. The van der Waals surface area contributed by atoms with Crippen molar-refractivity contribution in [2.24, 2.45) is 11.5 Å². The van der Waals surface area contributed by atoms with E-state index in [1.54, 1.807) is 0 Å². The average molecular weight is 156 g/mol. The molecule has 0 rings (SSSR count). The predicted octanol–water partition coefficient (Wildman–Crippen LogP) is -0.695. The molecule has 0 bridgehead atoms. The van der Waals surface area contributed by atoms with Crippen LogP contribution in [0.3, 0.4) is 0 Å². The molecular formula is C6H24N2O2. The third-order valence-corrected chi connectivity index (χ3v) is 0.372. The van der Waals surface area contributed by atoms with E-state index in [1.807, 2.05) is 20.8 Å². The first-order chi connectivity index (χ1) is 3.27. The van der Waals surface area contributed by atoms with Crippen molar-refractivity contribution < 1.29 is 11.0 Å². The van der Waals surface area contributed by atoms with Gasteiger partial charge in [-0.2, -0.15) is 0 Å². The SMILES string of the molecule is C.CC.C[C@@H](N)CN.O.O. The zero-order chi connectivity index (χ0) is 6.28. The van der Waals surface area contributed by atoms with Gasteiger partial charge in [-0.1, -0.05) is 21.3 Å². The third-order valence-electron chi connectivity index (χ3n) is 0.372. The zero-order valence-electron chi connectivity index (χ0n) is 6.44. The quantitative estimate of drug-likeness (QED) is 0.522. The fourth-order valence-corrected chi connectivity index (χ4v) is 0. The van der Waals surface area contributed by atoms with E-state index in [0.29, 0.717) is 6.54 Å². The van der Waals surface area contributed by atoms with Crippen molar-refractivity contribution in [2.45, 2.75) is 34.2 Å². The number of nitrogens with two attached hydrogens (primary N) is 2. The number of hydrogen-bond donors (Lipinski definition) is 2. The lowest BCUT2D eigenvalue weighted by Gasteiger charge is -1.92. The van der Waals surface area contributed by atoms with Gasteiger partial charge >= 0.3 is 0 Å². The van der Waals surface area contributed by atoms with Gasteiger partial charge in [-0.15, -0.1) is 0 Å². The van der Waals surface area contributed by atoms with Gasteiger partial charge in [0, 0.05) is 12.6 Å². The van der Waals surface area contributed by atoms with E-state index >= 15 is 0 Å². The minimum Gasteiger partial charge on any atom is -0.412 e. The second-order valence-electron chi connectivity index (χ2n) is 1.21. The van der Waals surface area contributed by atoms with Crippen LogP contribution in [0.4, 0.5) is 0 Å². The molecule has 0 heterocycles. The molecule has 0 saturated heterocycles. The lowest BCUT2D eigenvalue weighted by molar-refractivity contribution is 0.752. The monoisotopic (exact) mass is 156 g/mol. The first-order valence-corrected chi connectivity index (χ1v) is 2.73. The molecule has 0 spiro atoms.